The highest BCUT2D eigenvalue weighted by atomic mass is 16.1. The van der Waals surface area contributed by atoms with Crippen LogP contribution in [0.3, 0.4) is 0 Å². The van der Waals surface area contributed by atoms with Gasteiger partial charge in [-0.05, 0) is 48.4 Å². The van der Waals surface area contributed by atoms with E-state index in [1.807, 2.05) is 0 Å². The van der Waals surface area contributed by atoms with E-state index in [1.54, 1.807) is 0 Å². The van der Waals surface area contributed by atoms with E-state index < -0.39 is 0 Å². The van der Waals surface area contributed by atoms with Gasteiger partial charge in [0.1, 0.15) is 0 Å². The van der Waals surface area contributed by atoms with Gasteiger partial charge in [0.2, 0.25) is 0 Å². The molecule has 0 bridgehead atoms. The number of aromatic nitrogens is 1. The molecule has 3 N–H and O–H groups in total. The van der Waals surface area contributed by atoms with Crippen LogP contribution in [0.4, 0.5) is 0 Å². The third kappa shape index (κ3) is 2.11. The van der Waals surface area contributed by atoms with Crippen LogP contribution < -0.4 is 5.73 Å². The molecule has 2 aliphatic rings. The highest BCUT2D eigenvalue weighted by Gasteiger charge is 2.28. The number of quaternary nitrogens is 1. The van der Waals surface area contributed by atoms with E-state index in [0.29, 0.717) is 12.2 Å². The highest BCUT2D eigenvalue weighted by Crippen LogP contribution is 2.38. The maximum Gasteiger partial charge on any atom is 0.179 e. The minimum Gasteiger partial charge on any atom is -0.356 e. The van der Waals surface area contributed by atoms with Gasteiger partial charge < -0.3 is 10.3 Å². The van der Waals surface area contributed by atoms with E-state index in [-0.39, 0.29) is 0 Å². The quantitative estimate of drug-likeness (QED) is 0.930. The number of nitrogens with zero attached hydrogens (tertiary/aromatic N) is 1. The summed E-state index contributed by atoms with van der Waals surface area (Å²) in [6.07, 6.45) is 8.37. The van der Waals surface area contributed by atoms with Crippen LogP contribution in [0, 0.1) is 0 Å². The zero-order chi connectivity index (χ0) is 15.1. The van der Waals surface area contributed by atoms with E-state index >= 15 is 0 Å². The molecular weight excluding hydrogens is 272 g/mol. The summed E-state index contributed by atoms with van der Waals surface area (Å²) in [6.45, 7) is 1.67. The van der Waals surface area contributed by atoms with Gasteiger partial charge in [0.25, 0.3) is 0 Å². The molecule has 2 aromatic rings. The molecule has 116 valence electrons. The lowest BCUT2D eigenvalue weighted by atomic mass is 9.83. The normalized spacial score (nSPS) is 19.0. The standard InChI is InChI=1S/C19H24N2O/c20-10-11-21-17-8-6-14(13-4-2-1-3-5-13)12-16(17)15-7-9-18(22)19(15)21/h6,8,12-13H,1-5,7,9-11,20H2/p+1. The molecule has 1 aromatic heterocycles. The molecule has 1 saturated carbocycles. The Hall–Kier alpha value is -1.61. The minimum atomic E-state index is 0.318. The summed E-state index contributed by atoms with van der Waals surface area (Å²) in [7, 11) is 0. The summed E-state index contributed by atoms with van der Waals surface area (Å²) in [5.41, 5.74) is 8.97. The average Bonchev–Trinajstić information content (AvgIpc) is 3.08. The van der Waals surface area contributed by atoms with E-state index in [2.05, 4.69) is 28.5 Å². The monoisotopic (exact) mass is 297 g/mol. The fourth-order valence-electron chi connectivity index (χ4n) is 4.45. The van der Waals surface area contributed by atoms with Gasteiger partial charge in [-0.25, -0.2) is 0 Å². The Labute approximate surface area is 131 Å². The molecule has 0 aliphatic heterocycles. The summed E-state index contributed by atoms with van der Waals surface area (Å²) in [5, 5.41) is 1.33. The van der Waals surface area contributed by atoms with Gasteiger partial charge in [-0.1, -0.05) is 25.3 Å². The van der Waals surface area contributed by atoms with Crippen molar-refractivity contribution in [1.29, 1.82) is 0 Å². The van der Waals surface area contributed by atoms with Gasteiger partial charge in [-0.3, -0.25) is 4.79 Å². The Morgan fingerprint density at radius 2 is 1.95 bits per heavy atom. The van der Waals surface area contributed by atoms with Crippen molar-refractivity contribution in [3.63, 3.8) is 0 Å². The molecule has 1 heterocycles. The van der Waals surface area contributed by atoms with E-state index in [9.17, 15) is 4.79 Å². The second-order valence-electron chi connectivity index (χ2n) is 6.87. The lowest BCUT2D eigenvalue weighted by Crippen LogP contribution is -2.52. The number of rotatable bonds is 3. The lowest BCUT2D eigenvalue weighted by molar-refractivity contribution is -0.369. The average molecular weight is 297 g/mol. The number of aryl methyl sites for hydroxylation is 1. The molecule has 0 spiro atoms. The van der Waals surface area contributed by atoms with Crippen LogP contribution in [-0.2, 0) is 13.0 Å². The molecule has 2 aliphatic carbocycles. The van der Waals surface area contributed by atoms with Gasteiger partial charge in [-0.2, -0.15) is 0 Å². The first-order valence-electron chi connectivity index (χ1n) is 8.77. The number of hydrogen-bond acceptors (Lipinski definition) is 1. The van der Waals surface area contributed by atoms with Crippen molar-refractivity contribution in [2.24, 2.45) is 0 Å². The number of carbonyl (C=O) groups excluding carboxylic acids is 1. The molecule has 3 heteroatoms. The molecule has 0 atom stereocenters. The van der Waals surface area contributed by atoms with Crippen LogP contribution in [0.1, 0.15) is 66.1 Å². The van der Waals surface area contributed by atoms with Crippen molar-refractivity contribution in [2.45, 2.75) is 57.4 Å². The molecule has 0 amide bonds. The molecule has 1 aromatic carbocycles. The summed E-state index contributed by atoms with van der Waals surface area (Å²) in [5.74, 6) is 1.04. The minimum absolute atomic E-state index is 0.318. The van der Waals surface area contributed by atoms with Crippen molar-refractivity contribution in [3.05, 3.63) is 35.0 Å². The Bertz CT molecular complexity index is 723. The van der Waals surface area contributed by atoms with E-state index in [0.717, 1.165) is 31.1 Å². The molecule has 1 fully saturated rings. The van der Waals surface area contributed by atoms with Crippen LogP contribution in [-0.4, -0.2) is 16.9 Å². The number of carbonyl (C=O) groups is 1. The van der Waals surface area contributed by atoms with Gasteiger partial charge >= 0.3 is 0 Å². The Kier molecular flexibility index (Phi) is 3.53. The second-order valence-corrected chi connectivity index (χ2v) is 6.87. The lowest BCUT2D eigenvalue weighted by Gasteiger charge is -2.22. The molecule has 0 unspecified atom stereocenters. The van der Waals surface area contributed by atoms with Crippen LogP contribution in [0.5, 0.6) is 0 Å². The van der Waals surface area contributed by atoms with Gasteiger partial charge in [-0.15, -0.1) is 0 Å². The third-order valence-corrected chi connectivity index (χ3v) is 5.52. The molecule has 4 rings (SSSR count). The zero-order valence-electron chi connectivity index (χ0n) is 13.2. The predicted octanol–water partition coefficient (Wildman–Crippen LogP) is 3.06. The topological polar surface area (TPSA) is 49.6 Å². The van der Waals surface area contributed by atoms with E-state index in [1.165, 1.54) is 54.1 Å². The van der Waals surface area contributed by atoms with Crippen molar-refractivity contribution in [1.82, 2.24) is 4.57 Å². The Morgan fingerprint density at radius 1 is 1.14 bits per heavy atom. The molecule has 0 radical (unpaired) electrons. The highest BCUT2D eigenvalue weighted by molar-refractivity contribution is 6.06. The van der Waals surface area contributed by atoms with Crippen molar-refractivity contribution in [3.8, 4) is 0 Å². The van der Waals surface area contributed by atoms with Gasteiger partial charge in [0, 0.05) is 17.3 Å². The SMILES string of the molecule is [NH3+]CCn1c2c(c3cc(C4CCCCC4)ccc31)CCC2=O. The molecule has 22 heavy (non-hydrogen) atoms. The number of fused-ring (bicyclic) bond motifs is 3. The molecule has 3 nitrogen and oxygen atoms in total. The summed E-state index contributed by atoms with van der Waals surface area (Å²) < 4.78 is 2.22. The fraction of sp³-hybridized carbons (Fsp3) is 0.526. The number of benzene rings is 1. The zero-order valence-corrected chi connectivity index (χ0v) is 13.2. The number of hydrogen-bond donors (Lipinski definition) is 1. The smallest absolute Gasteiger partial charge is 0.179 e. The summed E-state index contributed by atoms with van der Waals surface area (Å²) in [6, 6.07) is 6.94. The van der Waals surface area contributed by atoms with Crippen LogP contribution in [0.25, 0.3) is 10.9 Å². The van der Waals surface area contributed by atoms with Crippen LogP contribution in [0.15, 0.2) is 18.2 Å². The van der Waals surface area contributed by atoms with Crippen LogP contribution >= 0.6 is 0 Å². The number of Topliss-reactive ketones (excluding diaryl/α,β-unsaturated/α-hetero) is 1. The Morgan fingerprint density at radius 3 is 2.73 bits per heavy atom. The van der Waals surface area contributed by atoms with Crippen molar-refractivity contribution >= 4 is 16.7 Å². The first-order valence-corrected chi connectivity index (χ1v) is 8.77. The first-order chi connectivity index (χ1) is 10.8. The summed E-state index contributed by atoms with van der Waals surface area (Å²) >= 11 is 0. The molecule has 0 saturated heterocycles. The Balaban J connectivity index is 1.84. The predicted molar refractivity (Wildman–Crippen MR) is 88.2 cm³/mol. The molecular formula is C19H25N2O+. The van der Waals surface area contributed by atoms with Crippen LogP contribution in [0.2, 0.25) is 0 Å². The third-order valence-electron chi connectivity index (χ3n) is 5.52. The summed E-state index contributed by atoms with van der Waals surface area (Å²) in [4.78, 5) is 12.3. The number of ketones is 1. The first kappa shape index (κ1) is 14.0. The maximum atomic E-state index is 12.3. The van der Waals surface area contributed by atoms with Crippen molar-refractivity contribution in [2.75, 3.05) is 6.54 Å². The fourth-order valence-corrected chi connectivity index (χ4v) is 4.45. The van der Waals surface area contributed by atoms with Crippen molar-refractivity contribution < 1.29 is 10.5 Å². The largest absolute Gasteiger partial charge is 0.356 e. The second kappa shape index (κ2) is 5.54. The van der Waals surface area contributed by atoms with Gasteiger partial charge in [0.15, 0.2) is 5.78 Å². The maximum absolute atomic E-state index is 12.3. The van der Waals surface area contributed by atoms with Gasteiger partial charge in [0.05, 0.1) is 18.8 Å². The van der Waals surface area contributed by atoms with E-state index in [4.69, 9.17) is 0 Å².